The van der Waals surface area contributed by atoms with Crippen LogP contribution in [0.15, 0.2) is 48.7 Å². The molecule has 6 aromatic rings. The molecule has 0 spiro atoms. The van der Waals surface area contributed by atoms with Crippen molar-refractivity contribution in [2.24, 2.45) is 12.5 Å². The Morgan fingerprint density at radius 3 is 2.35 bits per heavy atom. The topological polar surface area (TPSA) is 8.29 Å². The predicted octanol–water partition coefficient (Wildman–Crippen LogP) is 8.14. The second-order valence-electron chi connectivity index (χ2n) is 11.9. The van der Waals surface area contributed by atoms with Gasteiger partial charge in [-0.1, -0.05) is 46.8 Å². The predicted molar refractivity (Wildman–Crippen MR) is 147 cm³/mol. The Labute approximate surface area is 202 Å². The summed E-state index contributed by atoms with van der Waals surface area (Å²) in [5, 5.41) is 6.84. The summed E-state index contributed by atoms with van der Waals surface area (Å²) in [5.41, 5.74) is 11.2. The molecule has 2 heteroatoms. The smallest absolute Gasteiger partial charge is 0.224 e. The van der Waals surface area contributed by atoms with E-state index in [9.17, 15) is 0 Å². The van der Waals surface area contributed by atoms with Gasteiger partial charge < -0.3 is 4.40 Å². The summed E-state index contributed by atoms with van der Waals surface area (Å²) in [7, 11) is 2.20. The summed E-state index contributed by atoms with van der Waals surface area (Å²) in [4.78, 5) is 0. The van der Waals surface area contributed by atoms with E-state index in [1.165, 1.54) is 71.3 Å². The summed E-state index contributed by atoms with van der Waals surface area (Å²) in [6.45, 7) is 16.1. The summed E-state index contributed by atoms with van der Waals surface area (Å²) in [6.07, 6.45) is 3.31. The lowest BCUT2D eigenvalue weighted by Gasteiger charge is -2.18. The van der Waals surface area contributed by atoms with Crippen LogP contribution in [0.25, 0.3) is 49.0 Å². The summed E-state index contributed by atoms with van der Waals surface area (Å²) in [5.74, 6) is 0.481. The van der Waals surface area contributed by atoms with Crippen molar-refractivity contribution >= 4 is 49.0 Å². The molecular weight excluding hydrogens is 412 g/mol. The fourth-order valence-electron chi connectivity index (χ4n) is 6.03. The van der Waals surface area contributed by atoms with Crippen LogP contribution in [0.1, 0.15) is 62.8 Å². The van der Waals surface area contributed by atoms with E-state index in [2.05, 4.69) is 113 Å². The zero-order valence-corrected chi connectivity index (χ0v) is 21.8. The first-order chi connectivity index (χ1) is 16.0. The largest absolute Gasteiger partial charge is 0.307 e. The number of rotatable bonds is 2. The summed E-state index contributed by atoms with van der Waals surface area (Å²) >= 11 is 0. The Kier molecular flexibility index (Phi) is 4.37. The van der Waals surface area contributed by atoms with Crippen LogP contribution in [-0.2, 0) is 13.5 Å². The third kappa shape index (κ3) is 2.90. The van der Waals surface area contributed by atoms with Gasteiger partial charge in [0.1, 0.15) is 7.05 Å². The number of hydrogen-bond donors (Lipinski definition) is 0. The lowest BCUT2D eigenvalue weighted by molar-refractivity contribution is -0.643. The minimum Gasteiger partial charge on any atom is -0.307 e. The van der Waals surface area contributed by atoms with E-state index in [4.69, 9.17) is 0 Å². The molecular formula is C32H35N2+. The van der Waals surface area contributed by atoms with Gasteiger partial charge in [0.05, 0.1) is 27.3 Å². The van der Waals surface area contributed by atoms with Crippen molar-refractivity contribution in [2.75, 3.05) is 0 Å². The van der Waals surface area contributed by atoms with Crippen molar-refractivity contribution in [3.05, 3.63) is 70.9 Å². The van der Waals surface area contributed by atoms with Gasteiger partial charge in [0.25, 0.3) is 0 Å². The number of hydrogen-bond acceptors (Lipinski definition) is 0. The maximum Gasteiger partial charge on any atom is 0.224 e. The molecule has 0 N–H and O–H groups in total. The van der Waals surface area contributed by atoms with Gasteiger partial charge in [0, 0.05) is 16.8 Å². The van der Waals surface area contributed by atoms with Crippen LogP contribution < -0.4 is 4.57 Å². The highest BCUT2D eigenvalue weighted by molar-refractivity contribution is 6.26. The fourth-order valence-corrected chi connectivity index (χ4v) is 6.03. The Morgan fingerprint density at radius 2 is 1.65 bits per heavy atom. The molecule has 2 nitrogen and oxygen atoms in total. The van der Waals surface area contributed by atoms with Crippen molar-refractivity contribution in [1.82, 2.24) is 4.40 Å². The second-order valence-corrected chi connectivity index (χ2v) is 11.9. The summed E-state index contributed by atoms with van der Waals surface area (Å²) < 4.78 is 4.89. The first-order valence-electron chi connectivity index (χ1n) is 12.6. The Bertz CT molecular complexity index is 1760. The van der Waals surface area contributed by atoms with Crippen molar-refractivity contribution in [1.29, 1.82) is 0 Å². The standard InChI is InChI=1S/C32H35N2/c1-18(2)23-15-22-11-12-33(8)31-28-20(4)19(3)13-25-24-14-21(17-32(5,6)7)9-10-26(24)34(30(25)28)27(16-23)29(22)31/h9-16,18H,17H2,1-8H3/q+1. The van der Waals surface area contributed by atoms with E-state index in [1.807, 2.05) is 0 Å². The van der Waals surface area contributed by atoms with Crippen LogP contribution in [0.2, 0.25) is 0 Å². The SMILES string of the molecule is Cc1cc2c3cc(CC(C)(C)C)ccc3n3c4cc(C(C)C)cc5cc[n+](C)c(c(c1C)c23)c54. The van der Waals surface area contributed by atoms with Gasteiger partial charge in [-0.2, -0.15) is 0 Å². The number of benzene rings is 3. The molecule has 3 heterocycles. The third-order valence-electron chi connectivity index (χ3n) is 7.75. The Morgan fingerprint density at radius 1 is 0.882 bits per heavy atom. The van der Waals surface area contributed by atoms with Crippen LogP contribution in [0.5, 0.6) is 0 Å². The van der Waals surface area contributed by atoms with Crippen LogP contribution in [-0.4, -0.2) is 4.40 Å². The van der Waals surface area contributed by atoms with E-state index in [1.54, 1.807) is 0 Å². The number of aryl methyl sites for hydroxylation is 3. The number of nitrogens with zero attached hydrogens (tertiary/aromatic N) is 2. The van der Waals surface area contributed by atoms with E-state index in [-0.39, 0.29) is 5.41 Å². The molecule has 0 radical (unpaired) electrons. The highest BCUT2D eigenvalue weighted by Gasteiger charge is 2.25. The molecule has 172 valence electrons. The Hall–Kier alpha value is -3.13. The molecule has 0 fully saturated rings. The highest BCUT2D eigenvalue weighted by Crippen LogP contribution is 2.42. The van der Waals surface area contributed by atoms with Crippen LogP contribution >= 0.6 is 0 Å². The maximum atomic E-state index is 2.56. The molecule has 34 heavy (non-hydrogen) atoms. The molecule has 0 saturated heterocycles. The first-order valence-corrected chi connectivity index (χ1v) is 12.6. The molecule has 0 bridgehead atoms. The second kappa shape index (κ2) is 6.95. The van der Waals surface area contributed by atoms with Gasteiger partial charge in [-0.3, -0.25) is 0 Å². The fraction of sp³-hybridized carbons (Fsp3) is 0.344. The molecule has 0 unspecified atom stereocenters. The van der Waals surface area contributed by atoms with Crippen molar-refractivity contribution in [3.8, 4) is 0 Å². The molecule has 0 amide bonds. The number of aromatic nitrogens is 2. The zero-order valence-electron chi connectivity index (χ0n) is 21.8. The normalized spacial score (nSPS) is 13.1. The molecule has 3 aromatic carbocycles. The van der Waals surface area contributed by atoms with Crippen LogP contribution in [0.3, 0.4) is 0 Å². The van der Waals surface area contributed by atoms with Gasteiger partial charge in [0.2, 0.25) is 5.52 Å². The molecule has 0 aliphatic heterocycles. The number of pyridine rings is 2. The molecule has 3 aromatic heterocycles. The zero-order chi connectivity index (χ0) is 24.1. The lowest BCUT2D eigenvalue weighted by atomic mass is 9.87. The minimum absolute atomic E-state index is 0.263. The third-order valence-corrected chi connectivity index (χ3v) is 7.75. The van der Waals surface area contributed by atoms with Crippen molar-refractivity contribution in [3.63, 3.8) is 0 Å². The van der Waals surface area contributed by atoms with E-state index < -0.39 is 0 Å². The molecule has 6 rings (SSSR count). The quantitative estimate of drug-likeness (QED) is 0.144. The average molecular weight is 448 g/mol. The van der Waals surface area contributed by atoms with Gasteiger partial charge in [0.15, 0.2) is 6.20 Å². The van der Waals surface area contributed by atoms with Gasteiger partial charge >= 0.3 is 0 Å². The van der Waals surface area contributed by atoms with Gasteiger partial charge in [-0.05, 0) is 83.5 Å². The Balaban J connectivity index is 1.93. The van der Waals surface area contributed by atoms with Crippen LogP contribution in [0, 0.1) is 19.3 Å². The van der Waals surface area contributed by atoms with Crippen molar-refractivity contribution < 1.29 is 4.57 Å². The summed E-state index contributed by atoms with van der Waals surface area (Å²) in [6, 6.07) is 16.7. The minimum atomic E-state index is 0.263. The molecule has 0 atom stereocenters. The van der Waals surface area contributed by atoms with E-state index in [0.717, 1.165) is 6.42 Å². The highest BCUT2D eigenvalue weighted by atomic mass is 15.0. The van der Waals surface area contributed by atoms with E-state index in [0.29, 0.717) is 5.92 Å². The molecule has 0 aliphatic carbocycles. The van der Waals surface area contributed by atoms with Gasteiger partial charge in [-0.15, -0.1) is 0 Å². The molecule has 0 saturated carbocycles. The monoisotopic (exact) mass is 447 g/mol. The van der Waals surface area contributed by atoms with E-state index >= 15 is 0 Å². The average Bonchev–Trinajstić information content (AvgIpc) is 3.07. The van der Waals surface area contributed by atoms with Gasteiger partial charge in [-0.25, -0.2) is 4.57 Å². The molecule has 0 aliphatic rings. The van der Waals surface area contributed by atoms with Crippen molar-refractivity contribution in [2.45, 2.75) is 60.8 Å². The van der Waals surface area contributed by atoms with Crippen LogP contribution in [0.4, 0.5) is 0 Å². The first kappa shape index (κ1) is 21.4. The lowest BCUT2D eigenvalue weighted by Crippen LogP contribution is -2.29. The number of fused-ring (bicyclic) bond motifs is 5. The maximum absolute atomic E-state index is 2.56.